The Labute approximate surface area is 212 Å². The highest BCUT2D eigenvalue weighted by atomic mass is 16.8. The van der Waals surface area contributed by atoms with E-state index in [1.807, 2.05) is 0 Å². The second kappa shape index (κ2) is 12.7. The molecule has 15 atom stereocenters. The molecule has 37 heavy (non-hydrogen) atoms. The minimum Gasteiger partial charge on any atom is -0.394 e. The zero-order valence-corrected chi connectivity index (χ0v) is 20.2. The number of hydrogen-bond donors (Lipinski definition) is 11. The van der Waals surface area contributed by atoms with Crippen molar-refractivity contribution >= 4 is 0 Å². The van der Waals surface area contributed by atoms with Crippen molar-refractivity contribution in [2.45, 2.75) is 98.5 Å². The van der Waals surface area contributed by atoms with Crippen LogP contribution in [0, 0.1) is 0 Å². The summed E-state index contributed by atoms with van der Waals surface area (Å²) in [4.78, 5) is 0. The van der Waals surface area contributed by atoms with Crippen LogP contribution in [0.25, 0.3) is 0 Å². The van der Waals surface area contributed by atoms with E-state index in [0.717, 1.165) is 0 Å². The first kappa shape index (κ1) is 30.9. The quantitative estimate of drug-likeness (QED) is 0.128. The minimum absolute atomic E-state index is 0.0170. The van der Waals surface area contributed by atoms with Crippen molar-refractivity contribution in [3.63, 3.8) is 0 Å². The predicted octanol–water partition coefficient (Wildman–Crippen LogP) is -7.31. The van der Waals surface area contributed by atoms with E-state index in [-0.39, 0.29) is 6.61 Å². The number of hydrogen-bond acceptors (Lipinski definition) is 17. The highest BCUT2D eigenvalue weighted by Gasteiger charge is 2.56. The average Bonchev–Trinajstić information content (AvgIpc) is 2.89. The van der Waals surface area contributed by atoms with Gasteiger partial charge >= 0.3 is 0 Å². The Balaban J connectivity index is 1.76. The summed E-state index contributed by atoms with van der Waals surface area (Å²) in [5.41, 5.74) is 17.8. The molecular formula is C20H39N3O14. The van der Waals surface area contributed by atoms with Crippen molar-refractivity contribution in [3.8, 4) is 0 Å². The summed E-state index contributed by atoms with van der Waals surface area (Å²) in [5.74, 6) is -2.09. The first-order valence-electron chi connectivity index (χ1n) is 11.9. The van der Waals surface area contributed by atoms with Gasteiger partial charge in [-0.1, -0.05) is 0 Å². The lowest BCUT2D eigenvalue weighted by atomic mass is 9.93. The SMILES string of the molecule is CCO[C@]1(CO)O[C@H](OC2[C@@H](CO)O[C@@H](OC3[C@@H](CO)O[C@@H](O)[C@H](N)[C@H]3O)[C@H](N)[C@H]2O)[C@H](N)[C@@H](O)[C@@H]1O. The summed E-state index contributed by atoms with van der Waals surface area (Å²) < 4.78 is 33.1. The van der Waals surface area contributed by atoms with E-state index in [1.54, 1.807) is 6.92 Å². The average molecular weight is 546 g/mol. The van der Waals surface area contributed by atoms with Crippen LogP contribution in [-0.4, -0.2) is 159 Å². The molecule has 3 aliphatic rings. The molecule has 3 aliphatic heterocycles. The van der Waals surface area contributed by atoms with E-state index in [1.165, 1.54) is 0 Å². The van der Waals surface area contributed by atoms with Crippen molar-refractivity contribution < 1.29 is 69.3 Å². The maximum Gasteiger partial charge on any atom is 0.223 e. The molecule has 3 rings (SSSR count). The molecule has 0 aliphatic carbocycles. The monoisotopic (exact) mass is 545 g/mol. The van der Waals surface area contributed by atoms with E-state index >= 15 is 0 Å². The van der Waals surface area contributed by atoms with Crippen LogP contribution < -0.4 is 17.2 Å². The van der Waals surface area contributed by atoms with Crippen LogP contribution in [0.15, 0.2) is 0 Å². The summed E-state index contributed by atoms with van der Waals surface area (Å²) in [6.07, 6.45) is -16.4. The zero-order valence-electron chi connectivity index (χ0n) is 20.2. The highest BCUT2D eigenvalue weighted by Crippen LogP contribution is 2.34. The molecule has 0 bridgehead atoms. The van der Waals surface area contributed by atoms with Gasteiger partial charge in [-0.3, -0.25) is 0 Å². The molecule has 0 amide bonds. The van der Waals surface area contributed by atoms with Crippen LogP contribution in [0.3, 0.4) is 0 Å². The standard InChI is InChI=1S/C20H39N3O14/c1-2-32-20(5-26)16(30)13(29)10(23)19(37-20)36-15-7(4-25)34-18(9(22)12(15)28)35-14-6(3-24)33-17(31)8(21)11(14)27/h6-19,24-31H,2-5,21-23H2,1H3/t6-,7-,8-,9-,10-,11-,12-,13-,14?,15?,16+,17-,18+,19+,20-/m1/s1. The van der Waals surface area contributed by atoms with Crippen molar-refractivity contribution in [2.24, 2.45) is 17.2 Å². The lowest BCUT2D eigenvalue weighted by Crippen LogP contribution is -2.72. The van der Waals surface area contributed by atoms with Gasteiger partial charge in [-0.05, 0) is 6.92 Å². The molecule has 17 nitrogen and oxygen atoms in total. The third kappa shape index (κ3) is 5.93. The van der Waals surface area contributed by atoms with Gasteiger partial charge in [-0.15, -0.1) is 0 Å². The number of nitrogens with two attached hydrogens (primary N) is 3. The molecule has 0 radical (unpaired) electrons. The van der Waals surface area contributed by atoms with Crippen LogP contribution in [-0.2, 0) is 28.4 Å². The fraction of sp³-hybridized carbons (Fsp3) is 1.00. The Morgan fingerprint density at radius 1 is 0.730 bits per heavy atom. The highest BCUT2D eigenvalue weighted by molar-refractivity contribution is 5.00. The smallest absolute Gasteiger partial charge is 0.223 e. The van der Waals surface area contributed by atoms with Gasteiger partial charge in [0.05, 0.1) is 31.3 Å². The van der Waals surface area contributed by atoms with E-state index < -0.39 is 111 Å². The predicted molar refractivity (Wildman–Crippen MR) is 118 cm³/mol. The molecule has 218 valence electrons. The minimum atomic E-state index is -2.09. The molecular weight excluding hydrogens is 506 g/mol. The molecule has 3 heterocycles. The molecule has 0 aromatic heterocycles. The van der Waals surface area contributed by atoms with Gasteiger partial charge in [-0.25, -0.2) is 0 Å². The Bertz CT molecular complexity index is 724. The Morgan fingerprint density at radius 2 is 1.24 bits per heavy atom. The summed E-state index contributed by atoms with van der Waals surface area (Å²) in [5, 5.41) is 81.3. The molecule has 0 saturated carbocycles. The van der Waals surface area contributed by atoms with Crippen LogP contribution in [0.5, 0.6) is 0 Å². The molecule has 0 aromatic rings. The number of aliphatic hydroxyl groups excluding tert-OH is 8. The van der Waals surface area contributed by atoms with E-state index in [9.17, 15) is 40.9 Å². The molecule has 0 aromatic carbocycles. The van der Waals surface area contributed by atoms with Crippen LogP contribution in [0.1, 0.15) is 6.92 Å². The molecule has 2 unspecified atom stereocenters. The van der Waals surface area contributed by atoms with Crippen molar-refractivity contribution in [2.75, 3.05) is 26.4 Å². The number of ether oxygens (including phenoxy) is 6. The van der Waals surface area contributed by atoms with Crippen LogP contribution >= 0.6 is 0 Å². The summed E-state index contributed by atoms with van der Waals surface area (Å²) in [7, 11) is 0. The topological polar surface area (TPSA) is 295 Å². The lowest BCUT2D eigenvalue weighted by molar-refractivity contribution is -0.407. The van der Waals surface area contributed by atoms with Gasteiger partial charge in [0, 0.05) is 6.61 Å². The fourth-order valence-electron chi connectivity index (χ4n) is 4.59. The second-order valence-electron chi connectivity index (χ2n) is 9.21. The molecule has 17 heteroatoms. The van der Waals surface area contributed by atoms with E-state index in [0.29, 0.717) is 0 Å². The van der Waals surface area contributed by atoms with Gasteiger partial charge in [0.15, 0.2) is 18.9 Å². The molecule has 3 fully saturated rings. The Kier molecular flexibility index (Phi) is 10.6. The summed E-state index contributed by atoms with van der Waals surface area (Å²) >= 11 is 0. The van der Waals surface area contributed by atoms with Gasteiger partial charge < -0.3 is 86.5 Å². The molecule has 3 saturated heterocycles. The normalized spacial score (nSPS) is 51.2. The van der Waals surface area contributed by atoms with Crippen LogP contribution in [0.2, 0.25) is 0 Å². The van der Waals surface area contributed by atoms with Gasteiger partial charge in [0.25, 0.3) is 0 Å². The third-order valence-corrected chi connectivity index (χ3v) is 6.81. The zero-order chi connectivity index (χ0) is 27.7. The first-order valence-corrected chi connectivity index (χ1v) is 11.9. The number of rotatable bonds is 9. The van der Waals surface area contributed by atoms with Gasteiger partial charge in [0.1, 0.15) is 55.4 Å². The van der Waals surface area contributed by atoms with Crippen molar-refractivity contribution in [1.82, 2.24) is 0 Å². The maximum atomic E-state index is 10.9. The van der Waals surface area contributed by atoms with Gasteiger partial charge in [-0.2, -0.15) is 0 Å². The van der Waals surface area contributed by atoms with Crippen LogP contribution in [0.4, 0.5) is 0 Å². The fourth-order valence-corrected chi connectivity index (χ4v) is 4.59. The Hall–Kier alpha value is -0.680. The maximum absolute atomic E-state index is 10.9. The first-order chi connectivity index (χ1) is 17.5. The third-order valence-electron chi connectivity index (χ3n) is 6.81. The Morgan fingerprint density at radius 3 is 1.78 bits per heavy atom. The van der Waals surface area contributed by atoms with E-state index in [4.69, 9.17) is 45.6 Å². The summed E-state index contributed by atoms with van der Waals surface area (Å²) in [6, 6.07) is -4.03. The van der Waals surface area contributed by atoms with Crippen molar-refractivity contribution in [1.29, 1.82) is 0 Å². The number of aliphatic hydroxyl groups is 8. The second-order valence-corrected chi connectivity index (χ2v) is 9.21. The lowest BCUT2D eigenvalue weighted by Gasteiger charge is -2.50. The molecule has 14 N–H and O–H groups in total. The summed E-state index contributed by atoms with van der Waals surface area (Å²) in [6.45, 7) is -0.723. The van der Waals surface area contributed by atoms with E-state index in [2.05, 4.69) is 0 Å². The largest absolute Gasteiger partial charge is 0.394 e. The molecule has 0 spiro atoms. The van der Waals surface area contributed by atoms with Gasteiger partial charge in [0.2, 0.25) is 5.79 Å². The van der Waals surface area contributed by atoms with Crippen molar-refractivity contribution in [3.05, 3.63) is 0 Å².